The highest BCUT2D eigenvalue weighted by Crippen LogP contribution is 2.28. The summed E-state index contributed by atoms with van der Waals surface area (Å²) in [4.78, 5) is 0. The van der Waals surface area contributed by atoms with Gasteiger partial charge in [-0.15, -0.1) is 0 Å². The molecule has 1 nitrogen and oxygen atoms in total. The maximum Gasteiger partial charge on any atom is 0.0422 e. The van der Waals surface area contributed by atoms with Crippen molar-refractivity contribution in [2.45, 2.75) is 32.7 Å². The maximum atomic E-state index is 3.65. The third-order valence-electron chi connectivity index (χ3n) is 3.36. The van der Waals surface area contributed by atoms with Crippen molar-refractivity contribution in [3.05, 3.63) is 54.6 Å². The predicted octanol–water partition coefficient (Wildman–Crippen LogP) is 4.95. The van der Waals surface area contributed by atoms with Crippen LogP contribution >= 0.6 is 0 Å². The molecule has 0 amide bonds. The van der Waals surface area contributed by atoms with E-state index in [4.69, 9.17) is 0 Å². The second-order valence-electron chi connectivity index (χ2n) is 4.57. The molecule has 0 heterocycles. The molecule has 0 saturated carbocycles. The second kappa shape index (κ2) is 6.25. The minimum absolute atomic E-state index is 0.551. The standard InChI is InChI=1S/C17H21N/c1-3-15(4-2)18-17-13-9-8-12-16(17)14-10-6-5-7-11-14/h5-13,15,18H,3-4H2,1-2H3. The molecule has 2 aromatic rings. The average molecular weight is 239 g/mol. The molecule has 0 aliphatic rings. The van der Waals surface area contributed by atoms with Crippen molar-refractivity contribution in [2.75, 3.05) is 5.32 Å². The molecular formula is C17H21N. The summed E-state index contributed by atoms with van der Waals surface area (Å²) in [5.41, 5.74) is 3.79. The van der Waals surface area contributed by atoms with E-state index < -0.39 is 0 Å². The first-order valence-corrected chi connectivity index (χ1v) is 6.76. The summed E-state index contributed by atoms with van der Waals surface area (Å²) in [6.07, 6.45) is 2.30. The van der Waals surface area contributed by atoms with Gasteiger partial charge in [-0.25, -0.2) is 0 Å². The molecule has 0 aromatic heterocycles. The molecule has 0 radical (unpaired) electrons. The Kier molecular flexibility index (Phi) is 4.40. The molecule has 0 aliphatic carbocycles. The Labute approximate surface area is 110 Å². The van der Waals surface area contributed by atoms with Gasteiger partial charge in [0.05, 0.1) is 0 Å². The van der Waals surface area contributed by atoms with Gasteiger partial charge in [0.15, 0.2) is 0 Å². The third-order valence-corrected chi connectivity index (χ3v) is 3.36. The summed E-state index contributed by atoms with van der Waals surface area (Å²) in [7, 11) is 0. The van der Waals surface area contributed by atoms with Crippen molar-refractivity contribution >= 4 is 5.69 Å². The van der Waals surface area contributed by atoms with E-state index in [2.05, 4.69) is 73.8 Å². The van der Waals surface area contributed by atoms with E-state index in [1.807, 2.05) is 0 Å². The fraction of sp³-hybridized carbons (Fsp3) is 0.294. The first kappa shape index (κ1) is 12.7. The van der Waals surface area contributed by atoms with Gasteiger partial charge in [-0.2, -0.15) is 0 Å². The Balaban J connectivity index is 2.31. The van der Waals surface area contributed by atoms with E-state index in [0.717, 1.165) is 12.8 Å². The summed E-state index contributed by atoms with van der Waals surface area (Å²) in [6, 6.07) is 19.6. The van der Waals surface area contributed by atoms with E-state index in [1.165, 1.54) is 16.8 Å². The van der Waals surface area contributed by atoms with Crippen molar-refractivity contribution in [1.29, 1.82) is 0 Å². The van der Waals surface area contributed by atoms with E-state index >= 15 is 0 Å². The zero-order chi connectivity index (χ0) is 12.8. The number of rotatable bonds is 5. The van der Waals surface area contributed by atoms with Crippen molar-refractivity contribution in [3.8, 4) is 11.1 Å². The quantitative estimate of drug-likeness (QED) is 0.778. The number of anilines is 1. The number of nitrogens with one attached hydrogen (secondary N) is 1. The topological polar surface area (TPSA) is 12.0 Å². The second-order valence-corrected chi connectivity index (χ2v) is 4.57. The Morgan fingerprint density at radius 2 is 1.44 bits per heavy atom. The van der Waals surface area contributed by atoms with Gasteiger partial charge in [-0.05, 0) is 24.5 Å². The van der Waals surface area contributed by atoms with Gasteiger partial charge in [0.25, 0.3) is 0 Å². The molecule has 0 atom stereocenters. The lowest BCUT2D eigenvalue weighted by atomic mass is 10.0. The Bertz CT molecular complexity index is 472. The lowest BCUT2D eigenvalue weighted by Gasteiger charge is -2.19. The van der Waals surface area contributed by atoms with Gasteiger partial charge < -0.3 is 5.32 Å². The Morgan fingerprint density at radius 1 is 0.833 bits per heavy atom. The largest absolute Gasteiger partial charge is 0.382 e. The highest BCUT2D eigenvalue weighted by Gasteiger charge is 2.07. The van der Waals surface area contributed by atoms with Gasteiger partial charge in [0.1, 0.15) is 0 Å². The summed E-state index contributed by atoms with van der Waals surface area (Å²) >= 11 is 0. The first-order valence-electron chi connectivity index (χ1n) is 6.76. The van der Waals surface area contributed by atoms with Gasteiger partial charge >= 0.3 is 0 Å². The summed E-state index contributed by atoms with van der Waals surface area (Å²) in [5, 5.41) is 3.65. The lowest BCUT2D eigenvalue weighted by molar-refractivity contribution is 0.672. The van der Waals surface area contributed by atoms with Crippen LogP contribution in [-0.2, 0) is 0 Å². The van der Waals surface area contributed by atoms with E-state index in [0.29, 0.717) is 6.04 Å². The first-order chi connectivity index (χ1) is 8.85. The van der Waals surface area contributed by atoms with Crippen molar-refractivity contribution in [1.82, 2.24) is 0 Å². The molecule has 2 aromatic carbocycles. The van der Waals surface area contributed by atoms with Crippen LogP contribution in [0.2, 0.25) is 0 Å². The van der Waals surface area contributed by atoms with Gasteiger partial charge in [0, 0.05) is 17.3 Å². The molecule has 1 heteroatoms. The molecule has 0 aliphatic heterocycles. The van der Waals surface area contributed by atoms with Gasteiger partial charge in [-0.1, -0.05) is 62.4 Å². The maximum absolute atomic E-state index is 3.65. The van der Waals surface area contributed by atoms with Crippen LogP contribution in [-0.4, -0.2) is 6.04 Å². The van der Waals surface area contributed by atoms with E-state index in [1.54, 1.807) is 0 Å². The SMILES string of the molecule is CCC(CC)Nc1ccccc1-c1ccccc1. The Hall–Kier alpha value is -1.76. The lowest BCUT2D eigenvalue weighted by Crippen LogP contribution is -2.17. The monoisotopic (exact) mass is 239 g/mol. The highest BCUT2D eigenvalue weighted by atomic mass is 14.9. The van der Waals surface area contributed by atoms with Crippen LogP contribution in [0, 0.1) is 0 Å². The molecule has 1 N–H and O–H groups in total. The molecule has 18 heavy (non-hydrogen) atoms. The van der Waals surface area contributed by atoms with E-state index in [9.17, 15) is 0 Å². The Morgan fingerprint density at radius 3 is 2.11 bits per heavy atom. The smallest absolute Gasteiger partial charge is 0.0422 e. The molecule has 0 unspecified atom stereocenters. The van der Waals surface area contributed by atoms with Crippen LogP contribution in [0.5, 0.6) is 0 Å². The minimum Gasteiger partial charge on any atom is -0.382 e. The molecular weight excluding hydrogens is 218 g/mol. The summed E-state index contributed by atoms with van der Waals surface area (Å²) in [6.45, 7) is 4.46. The summed E-state index contributed by atoms with van der Waals surface area (Å²) < 4.78 is 0. The van der Waals surface area contributed by atoms with Crippen LogP contribution in [0.15, 0.2) is 54.6 Å². The minimum atomic E-state index is 0.551. The zero-order valence-corrected chi connectivity index (χ0v) is 11.2. The fourth-order valence-electron chi connectivity index (χ4n) is 2.19. The number of hydrogen-bond acceptors (Lipinski definition) is 1. The number of hydrogen-bond donors (Lipinski definition) is 1. The number of benzene rings is 2. The summed E-state index contributed by atoms with van der Waals surface area (Å²) in [5.74, 6) is 0. The van der Waals surface area contributed by atoms with Gasteiger partial charge in [0.2, 0.25) is 0 Å². The van der Waals surface area contributed by atoms with Gasteiger partial charge in [-0.3, -0.25) is 0 Å². The number of para-hydroxylation sites is 1. The average Bonchev–Trinajstić information content (AvgIpc) is 2.46. The highest BCUT2D eigenvalue weighted by molar-refractivity contribution is 5.77. The van der Waals surface area contributed by atoms with Crippen LogP contribution in [0.3, 0.4) is 0 Å². The van der Waals surface area contributed by atoms with Crippen LogP contribution in [0.4, 0.5) is 5.69 Å². The van der Waals surface area contributed by atoms with E-state index in [-0.39, 0.29) is 0 Å². The molecule has 0 spiro atoms. The van der Waals surface area contributed by atoms with Crippen molar-refractivity contribution in [2.24, 2.45) is 0 Å². The molecule has 0 fully saturated rings. The molecule has 0 bridgehead atoms. The molecule has 94 valence electrons. The van der Waals surface area contributed by atoms with Crippen molar-refractivity contribution in [3.63, 3.8) is 0 Å². The fourth-order valence-corrected chi connectivity index (χ4v) is 2.19. The van der Waals surface area contributed by atoms with Crippen LogP contribution < -0.4 is 5.32 Å². The van der Waals surface area contributed by atoms with Crippen LogP contribution in [0.25, 0.3) is 11.1 Å². The van der Waals surface area contributed by atoms with Crippen molar-refractivity contribution < 1.29 is 0 Å². The predicted molar refractivity (Wildman–Crippen MR) is 79.9 cm³/mol. The molecule has 0 saturated heterocycles. The third kappa shape index (κ3) is 2.92. The molecule has 2 rings (SSSR count). The van der Waals surface area contributed by atoms with Crippen LogP contribution in [0.1, 0.15) is 26.7 Å². The zero-order valence-electron chi connectivity index (χ0n) is 11.2. The normalized spacial score (nSPS) is 10.6.